The van der Waals surface area contributed by atoms with Crippen molar-refractivity contribution in [3.05, 3.63) is 102 Å². The molecule has 1 heterocycles. The van der Waals surface area contributed by atoms with Crippen LogP contribution in [-0.4, -0.2) is 39.3 Å². The van der Waals surface area contributed by atoms with Crippen molar-refractivity contribution < 1.29 is 14.3 Å². The van der Waals surface area contributed by atoms with Crippen LogP contribution in [0.25, 0.3) is 5.69 Å². The summed E-state index contributed by atoms with van der Waals surface area (Å²) in [7, 11) is 1.59. The Morgan fingerprint density at radius 1 is 0.879 bits per heavy atom. The number of thioether (sulfide) groups is 1. The number of nitrogens with one attached hydrogen (secondary N) is 1. The largest absolute Gasteiger partial charge is 0.495 e. The van der Waals surface area contributed by atoms with Crippen LogP contribution in [0.4, 0.5) is 0 Å². The Morgan fingerprint density at radius 2 is 1.52 bits per heavy atom. The van der Waals surface area contributed by atoms with Crippen molar-refractivity contribution in [1.29, 1.82) is 0 Å². The van der Waals surface area contributed by atoms with Crippen molar-refractivity contribution >= 4 is 23.5 Å². The standard InChI is InChI=1S/C25H22N4O3S/c1-32-22-15-9-8-14-20(22)29-23(16-26-24(31)19-12-6-3-7-13-19)27-28-25(29)33-17-21(30)18-10-4-2-5-11-18/h2-15H,16-17H2,1H3,(H,26,31). The maximum atomic E-state index is 12.6. The van der Waals surface area contributed by atoms with Crippen molar-refractivity contribution in [2.75, 3.05) is 12.9 Å². The van der Waals surface area contributed by atoms with Crippen molar-refractivity contribution in [2.24, 2.45) is 0 Å². The maximum Gasteiger partial charge on any atom is 0.251 e. The van der Waals surface area contributed by atoms with E-state index in [0.29, 0.717) is 27.9 Å². The zero-order valence-electron chi connectivity index (χ0n) is 18.0. The van der Waals surface area contributed by atoms with Gasteiger partial charge in [-0.1, -0.05) is 72.4 Å². The number of Topliss-reactive ketones (excluding diaryl/α,β-unsaturated/α-hetero) is 1. The van der Waals surface area contributed by atoms with Crippen LogP contribution in [0.15, 0.2) is 90.1 Å². The van der Waals surface area contributed by atoms with Gasteiger partial charge in [-0.15, -0.1) is 10.2 Å². The molecule has 7 nitrogen and oxygen atoms in total. The van der Waals surface area contributed by atoms with E-state index >= 15 is 0 Å². The fraction of sp³-hybridized carbons (Fsp3) is 0.120. The Labute approximate surface area is 195 Å². The maximum absolute atomic E-state index is 12.6. The summed E-state index contributed by atoms with van der Waals surface area (Å²) in [5, 5.41) is 12.0. The van der Waals surface area contributed by atoms with Crippen LogP contribution in [-0.2, 0) is 6.54 Å². The summed E-state index contributed by atoms with van der Waals surface area (Å²) in [6.07, 6.45) is 0. The van der Waals surface area contributed by atoms with Gasteiger partial charge in [-0.05, 0) is 24.3 Å². The molecule has 0 unspecified atom stereocenters. The van der Waals surface area contributed by atoms with Crippen LogP contribution in [0, 0.1) is 0 Å². The zero-order valence-corrected chi connectivity index (χ0v) is 18.8. The average Bonchev–Trinajstić information content (AvgIpc) is 3.29. The number of methoxy groups -OCH3 is 1. The number of ketones is 1. The van der Waals surface area contributed by atoms with Crippen LogP contribution in [0.1, 0.15) is 26.5 Å². The third kappa shape index (κ3) is 5.30. The third-order valence-electron chi connectivity index (χ3n) is 4.90. The van der Waals surface area contributed by atoms with Gasteiger partial charge in [0.1, 0.15) is 5.75 Å². The number of amides is 1. The Balaban J connectivity index is 1.59. The topological polar surface area (TPSA) is 86.1 Å². The summed E-state index contributed by atoms with van der Waals surface area (Å²) in [6.45, 7) is 0.159. The molecule has 4 rings (SSSR count). The monoisotopic (exact) mass is 458 g/mol. The van der Waals surface area contributed by atoms with Gasteiger partial charge in [-0.2, -0.15) is 0 Å². The fourth-order valence-corrected chi connectivity index (χ4v) is 4.11. The highest BCUT2D eigenvalue weighted by molar-refractivity contribution is 7.99. The van der Waals surface area contributed by atoms with E-state index in [4.69, 9.17) is 4.74 Å². The first-order valence-electron chi connectivity index (χ1n) is 10.3. The molecule has 0 fully saturated rings. The fourth-order valence-electron chi connectivity index (χ4n) is 3.25. The number of carbonyl (C=O) groups is 2. The smallest absolute Gasteiger partial charge is 0.251 e. The predicted octanol–water partition coefficient (Wildman–Crippen LogP) is 4.18. The van der Waals surface area contributed by atoms with Crippen LogP contribution in [0.5, 0.6) is 5.75 Å². The van der Waals surface area contributed by atoms with E-state index in [1.807, 2.05) is 65.2 Å². The lowest BCUT2D eigenvalue weighted by Gasteiger charge is -2.14. The van der Waals surface area contributed by atoms with Crippen molar-refractivity contribution in [2.45, 2.75) is 11.7 Å². The minimum Gasteiger partial charge on any atom is -0.495 e. The first-order chi connectivity index (χ1) is 16.2. The quantitative estimate of drug-likeness (QED) is 0.299. The molecule has 33 heavy (non-hydrogen) atoms. The number of para-hydroxylation sites is 2. The molecular formula is C25H22N4O3S. The molecule has 1 amide bonds. The lowest BCUT2D eigenvalue weighted by molar-refractivity contribution is 0.0948. The molecule has 1 N–H and O–H groups in total. The number of aromatic nitrogens is 3. The van der Waals surface area contributed by atoms with E-state index in [-0.39, 0.29) is 24.0 Å². The van der Waals surface area contributed by atoms with Crippen molar-refractivity contribution in [3.8, 4) is 11.4 Å². The second-order valence-corrected chi connectivity index (χ2v) is 7.98. The lowest BCUT2D eigenvalue weighted by Crippen LogP contribution is -2.24. The van der Waals surface area contributed by atoms with Crippen LogP contribution in [0.3, 0.4) is 0 Å². The number of carbonyl (C=O) groups excluding carboxylic acids is 2. The van der Waals surface area contributed by atoms with Gasteiger partial charge >= 0.3 is 0 Å². The number of benzene rings is 3. The molecule has 8 heteroatoms. The van der Waals surface area contributed by atoms with E-state index in [2.05, 4.69) is 15.5 Å². The Bertz CT molecular complexity index is 1170. The molecular weight excluding hydrogens is 436 g/mol. The van der Waals surface area contributed by atoms with E-state index in [0.717, 1.165) is 5.69 Å². The molecule has 0 aliphatic rings. The number of ether oxygens (including phenoxy) is 1. The summed E-state index contributed by atoms with van der Waals surface area (Å²) in [6, 6.07) is 25.6. The highest BCUT2D eigenvalue weighted by atomic mass is 32.2. The number of nitrogens with zero attached hydrogens (tertiary/aromatic N) is 3. The first-order valence-corrected chi connectivity index (χ1v) is 11.3. The molecule has 0 radical (unpaired) electrons. The normalized spacial score (nSPS) is 10.6. The summed E-state index contributed by atoms with van der Waals surface area (Å²) < 4.78 is 7.34. The van der Waals surface area contributed by atoms with Crippen LogP contribution < -0.4 is 10.1 Å². The molecule has 3 aromatic carbocycles. The second kappa shape index (κ2) is 10.6. The van der Waals surface area contributed by atoms with E-state index in [1.54, 1.807) is 31.4 Å². The van der Waals surface area contributed by atoms with Gasteiger partial charge in [0.05, 0.1) is 25.1 Å². The summed E-state index contributed by atoms with van der Waals surface area (Å²) >= 11 is 1.29. The second-order valence-electron chi connectivity index (χ2n) is 7.03. The third-order valence-corrected chi connectivity index (χ3v) is 5.83. The van der Waals surface area contributed by atoms with E-state index < -0.39 is 0 Å². The van der Waals surface area contributed by atoms with E-state index in [1.165, 1.54) is 11.8 Å². The SMILES string of the molecule is COc1ccccc1-n1c(CNC(=O)c2ccccc2)nnc1SCC(=O)c1ccccc1. The highest BCUT2D eigenvalue weighted by Crippen LogP contribution is 2.29. The molecule has 0 atom stereocenters. The molecule has 0 saturated heterocycles. The van der Waals surface area contributed by atoms with Crippen molar-refractivity contribution in [3.63, 3.8) is 0 Å². The number of hydrogen-bond acceptors (Lipinski definition) is 6. The molecule has 0 bridgehead atoms. The molecule has 0 spiro atoms. The predicted molar refractivity (Wildman–Crippen MR) is 127 cm³/mol. The molecule has 4 aromatic rings. The Kier molecular flexibility index (Phi) is 7.16. The van der Waals surface area contributed by atoms with Gasteiger partial charge in [0, 0.05) is 11.1 Å². The highest BCUT2D eigenvalue weighted by Gasteiger charge is 2.19. The minimum atomic E-state index is -0.210. The van der Waals surface area contributed by atoms with Gasteiger partial charge < -0.3 is 10.1 Å². The summed E-state index contributed by atoms with van der Waals surface area (Å²) in [4.78, 5) is 25.1. The van der Waals surface area contributed by atoms with Gasteiger partial charge in [0.15, 0.2) is 16.8 Å². The molecule has 0 aliphatic heterocycles. The van der Waals surface area contributed by atoms with Gasteiger partial charge in [-0.3, -0.25) is 14.2 Å². The van der Waals surface area contributed by atoms with Gasteiger partial charge in [0.2, 0.25) is 0 Å². The van der Waals surface area contributed by atoms with Crippen LogP contribution in [0.2, 0.25) is 0 Å². The summed E-state index contributed by atoms with van der Waals surface area (Å²) in [5.41, 5.74) is 1.93. The Morgan fingerprint density at radius 3 is 2.21 bits per heavy atom. The van der Waals surface area contributed by atoms with Crippen molar-refractivity contribution in [1.82, 2.24) is 20.1 Å². The first kappa shape index (κ1) is 22.3. The molecule has 0 aliphatic carbocycles. The van der Waals surface area contributed by atoms with Gasteiger partial charge in [-0.25, -0.2) is 0 Å². The molecule has 0 saturated carbocycles. The Hall–Kier alpha value is -3.91. The van der Waals surface area contributed by atoms with Gasteiger partial charge in [0.25, 0.3) is 5.91 Å². The molecule has 166 valence electrons. The molecule has 1 aromatic heterocycles. The summed E-state index contributed by atoms with van der Waals surface area (Å²) in [5.74, 6) is 1.14. The lowest BCUT2D eigenvalue weighted by atomic mass is 10.2. The number of hydrogen-bond donors (Lipinski definition) is 1. The van der Waals surface area contributed by atoms with Crippen LogP contribution >= 0.6 is 11.8 Å². The average molecular weight is 459 g/mol. The van der Waals surface area contributed by atoms with E-state index in [9.17, 15) is 9.59 Å². The number of rotatable bonds is 9. The zero-order chi connectivity index (χ0) is 23.0. The minimum absolute atomic E-state index is 0.00546.